The smallest absolute Gasteiger partial charge is 0.269 e. The van der Waals surface area contributed by atoms with Crippen molar-refractivity contribution < 1.29 is 4.92 Å². The van der Waals surface area contributed by atoms with Crippen LogP contribution < -0.4 is 5.32 Å². The number of nitrogens with one attached hydrogen (secondary N) is 1. The number of nitrogens with zero attached hydrogens (tertiary/aromatic N) is 1. The molecule has 1 saturated carbocycles. The molecule has 2 aliphatic rings. The summed E-state index contributed by atoms with van der Waals surface area (Å²) in [6, 6.07) is 5.01. The first-order valence-electron chi connectivity index (χ1n) is 5.76. The summed E-state index contributed by atoms with van der Waals surface area (Å²) in [6.45, 7) is 0. The molecule has 0 saturated heterocycles. The normalized spacial score (nSPS) is 26.0. The highest BCUT2D eigenvalue weighted by molar-refractivity contribution is 7.80. The fourth-order valence-corrected chi connectivity index (χ4v) is 3.35. The minimum Gasteiger partial charge on any atom is -0.350 e. The number of benzene rings is 1. The largest absolute Gasteiger partial charge is 0.350 e. The van der Waals surface area contributed by atoms with Gasteiger partial charge in [0.25, 0.3) is 5.69 Å². The van der Waals surface area contributed by atoms with Gasteiger partial charge in [-0.1, -0.05) is 18.6 Å². The summed E-state index contributed by atoms with van der Waals surface area (Å²) in [6.07, 6.45) is 3.33. The predicted molar refractivity (Wildman–Crippen MR) is 69.4 cm³/mol. The maximum absolute atomic E-state index is 10.8. The van der Waals surface area contributed by atoms with Gasteiger partial charge < -0.3 is 5.32 Å². The van der Waals surface area contributed by atoms with Crippen LogP contribution >= 0.6 is 12.2 Å². The van der Waals surface area contributed by atoms with Gasteiger partial charge in [0.1, 0.15) is 0 Å². The Labute approximate surface area is 104 Å². The van der Waals surface area contributed by atoms with E-state index in [0.717, 1.165) is 35.5 Å². The van der Waals surface area contributed by atoms with Gasteiger partial charge >= 0.3 is 0 Å². The molecule has 1 N–H and O–H groups in total. The van der Waals surface area contributed by atoms with Crippen LogP contribution in [-0.4, -0.2) is 9.91 Å². The van der Waals surface area contributed by atoms with Crippen LogP contribution in [0.25, 0.3) is 0 Å². The van der Waals surface area contributed by atoms with Gasteiger partial charge in [-0.2, -0.15) is 0 Å². The predicted octanol–water partition coefficient (Wildman–Crippen LogP) is 3.23. The van der Waals surface area contributed by atoms with Crippen molar-refractivity contribution in [3.8, 4) is 0 Å². The van der Waals surface area contributed by atoms with Crippen LogP contribution in [0.1, 0.15) is 30.7 Å². The summed E-state index contributed by atoms with van der Waals surface area (Å²) < 4.78 is 0. The van der Waals surface area contributed by atoms with Crippen LogP contribution in [0.4, 0.5) is 11.4 Å². The molecule has 5 heteroatoms. The number of nitro groups is 1. The molecule has 1 aliphatic heterocycles. The van der Waals surface area contributed by atoms with Gasteiger partial charge in [0.05, 0.1) is 9.91 Å². The number of non-ortho nitro benzene ring substituents is 1. The van der Waals surface area contributed by atoms with E-state index in [1.807, 2.05) is 0 Å². The van der Waals surface area contributed by atoms with Crippen LogP contribution in [-0.2, 0) is 0 Å². The van der Waals surface area contributed by atoms with Gasteiger partial charge in [-0.15, -0.1) is 0 Å². The Morgan fingerprint density at radius 3 is 2.88 bits per heavy atom. The average Bonchev–Trinajstić information content (AvgIpc) is 2.78. The molecule has 4 nitrogen and oxygen atoms in total. The molecule has 3 rings (SSSR count). The molecule has 88 valence electrons. The molecule has 0 spiro atoms. The molecular formula is C12H12N2O2S. The third-order valence-corrected chi connectivity index (χ3v) is 4.16. The van der Waals surface area contributed by atoms with Crippen molar-refractivity contribution in [2.24, 2.45) is 5.92 Å². The zero-order valence-corrected chi connectivity index (χ0v) is 10.00. The zero-order chi connectivity index (χ0) is 12.0. The highest BCUT2D eigenvalue weighted by Crippen LogP contribution is 2.47. The molecule has 1 aromatic rings. The van der Waals surface area contributed by atoms with Crippen LogP contribution in [0, 0.1) is 16.0 Å². The van der Waals surface area contributed by atoms with Crippen molar-refractivity contribution in [1.29, 1.82) is 0 Å². The maximum Gasteiger partial charge on any atom is 0.269 e. The fourth-order valence-electron chi connectivity index (χ4n) is 2.96. The number of nitro benzene ring substituents is 1. The topological polar surface area (TPSA) is 55.2 Å². The highest BCUT2D eigenvalue weighted by Gasteiger charge is 2.37. The number of rotatable bonds is 1. The van der Waals surface area contributed by atoms with Crippen LogP contribution in [0.3, 0.4) is 0 Å². The summed E-state index contributed by atoms with van der Waals surface area (Å²) in [7, 11) is 0. The lowest BCUT2D eigenvalue weighted by atomic mass is 9.84. The molecule has 0 radical (unpaired) electrons. The molecule has 2 unspecified atom stereocenters. The van der Waals surface area contributed by atoms with E-state index in [9.17, 15) is 10.1 Å². The van der Waals surface area contributed by atoms with E-state index in [1.54, 1.807) is 12.1 Å². The summed E-state index contributed by atoms with van der Waals surface area (Å²) in [5.74, 6) is 0.748. The Morgan fingerprint density at radius 2 is 2.12 bits per heavy atom. The van der Waals surface area contributed by atoms with Gasteiger partial charge in [0, 0.05) is 23.7 Å². The highest BCUT2D eigenvalue weighted by atomic mass is 32.1. The molecule has 1 heterocycles. The molecule has 0 aromatic heterocycles. The molecule has 17 heavy (non-hydrogen) atoms. The first-order valence-corrected chi connectivity index (χ1v) is 6.17. The zero-order valence-electron chi connectivity index (χ0n) is 9.18. The Morgan fingerprint density at radius 1 is 1.35 bits per heavy atom. The SMILES string of the molecule is O=[N+]([O-])c1ccc2c(c1)C1CCCC1C(=S)N2. The van der Waals surface area contributed by atoms with Crippen molar-refractivity contribution in [2.75, 3.05) is 5.32 Å². The molecule has 0 bridgehead atoms. The second-order valence-corrected chi connectivity index (χ2v) is 5.10. The van der Waals surface area contributed by atoms with Gasteiger partial charge in [-0.25, -0.2) is 0 Å². The lowest BCUT2D eigenvalue weighted by Crippen LogP contribution is -2.28. The van der Waals surface area contributed by atoms with Crippen LogP contribution in [0.2, 0.25) is 0 Å². The van der Waals surface area contributed by atoms with E-state index < -0.39 is 0 Å². The first-order chi connectivity index (χ1) is 8.16. The summed E-state index contributed by atoms with van der Waals surface area (Å²) in [5, 5.41) is 14.0. The van der Waals surface area contributed by atoms with Gasteiger partial charge in [0.15, 0.2) is 0 Å². The van der Waals surface area contributed by atoms with Gasteiger partial charge in [0.2, 0.25) is 0 Å². The third kappa shape index (κ3) is 1.61. The quantitative estimate of drug-likeness (QED) is 0.471. The van der Waals surface area contributed by atoms with Crippen molar-refractivity contribution in [3.05, 3.63) is 33.9 Å². The molecule has 1 aromatic carbocycles. The third-order valence-electron chi connectivity index (χ3n) is 3.76. The second kappa shape index (κ2) is 3.77. The number of thiocarbonyl (C=S) groups is 1. The van der Waals surface area contributed by atoms with E-state index in [-0.39, 0.29) is 10.6 Å². The number of anilines is 1. The second-order valence-electron chi connectivity index (χ2n) is 4.66. The van der Waals surface area contributed by atoms with Crippen LogP contribution in [0.5, 0.6) is 0 Å². The lowest BCUT2D eigenvalue weighted by Gasteiger charge is -2.29. The number of hydrogen-bond acceptors (Lipinski definition) is 3. The van der Waals surface area contributed by atoms with E-state index in [1.165, 1.54) is 6.07 Å². The van der Waals surface area contributed by atoms with Crippen molar-refractivity contribution in [1.82, 2.24) is 0 Å². The van der Waals surface area contributed by atoms with E-state index >= 15 is 0 Å². The molecule has 1 fully saturated rings. The summed E-state index contributed by atoms with van der Waals surface area (Å²) in [5.41, 5.74) is 2.18. The summed E-state index contributed by atoms with van der Waals surface area (Å²) >= 11 is 5.36. The molecule has 1 aliphatic carbocycles. The summed E-state index contributed by atoms with van der Waals surface area (Å²) in [4.78, 5) is 11.4. The van der Waals surface area contributed by atoms with Gasteiger partial charge in [-0.3, -0.25) is 10.1 Å². The lowest BCUT2D eigenvalue weighted by molar-refractivity contribution is -0.384. The Balaban J connectivity index is 2.09. The minimum atomic E-state index is -0.336. The Kier molecular flexibility index (Phi) is 2.36. The van der Waals surface area contributed by atoms with Crippen molar-refractivity contribution in [3.63, 3.8) is 0 Å². The molecule has 2 atom stereocenters. The molecular weight excluding hydrogens is 236 g/mol. The van der Waals surface area contributed by atoms with E-state index in [4.69, 9.17) is 12.2 Å². The fraction of sp³-hybridized carbons (Fsp3) is 0.417. The average molecular weight is 248 g/mol. The van der Waals surface area contributed by atoms with Crippen LogP contribution in [0.15, 0.2) is 18.2 Å². The van der Waals surface area contributed by atoms with Crippen molar-refractivity contribution in [2.45, 2.75) is 25.2 Å². The monoisotopic (exact) mass is 248 g/mol. The van der Waals surface area contributed by atoms with Gasteiger partial charge in [-0.05, 0) is 30.4 Å². The first kappa shape index (κ1) is 10.7. The van der Waals surface area contributed by atoms with E-state index in [2.05, 4.69) is 5.32 Å². The Hall–Kier alpha value is -1.49. The standard InChI is InChI=1S/C12H12N2O2S/c15-14(16)7-4-5-11-10(6-7)8-2-1-3-9(8)12(17)13-11/h4-6,8-9H,1-3H2,(H,13,17). The Bertz CT molecular complexity index is 515. The minimum absolute atomic E-state index is 0.170. The van der Waals surface area contributed by atoms with Crippen molar-refractivity contribution >= 4 is 28.6 Å². The number of fused-ring (bicyclic) bond motifs is 3. The maximum atomic E-state index is 10.8. The van der Waals surface area contributed by atoms with E-state index in [0.29, 0.717) is 11.8 Å². The number of hydrogen-bond donors (Lipinski definition) is 1. The molecule has 0 amide bonds.